The average Bonchev–Trinajstić information content (AvgIpc) is 3.08. The van der Waals surface area contributed by atoms with Crippen LogP contribution >= 0.6 is 11.3 Å². The van der Waals surface area contributed by atoms with Gasteiger partial charge in [0.2, 0.25) is 0 Å². The first-order chi connectivity index (χ1) is 10.1. The number of aliphatic hydroxyl groups excluding tert-OH is 2. The van der Waals surface area contributed by atoms with Gasteiger partial charge in [-0.2, -0.15) is 0 Å². The number of thiophene rings is 1. The third-order valence-corrected chi connectivity index (χ3v) is 4.35. The summed E-state index contributed by atoms with van der Waals surface area (Å²) in [5.74, 6) is 0. The summed E-state index contributed by atoms with van der Waals surface area (Å²) in [6.07, 6.45) is -0.659. The van der Waals surface area contributed by atoms with Crippen molar-refractivity contribution >= 4 is 11.3 Å². The van der Waals surface area contributed by atoms with E-state index in [1.807, 2.05) is 11.4 Å². The Kier molecular flexibility index (Phi) is 3.77. The Morgan fingerprint density at radius 1 is 1.48 bits per heavy atom. The van der Waals surface area contributed by atoms with Gasteiger partial charge in [-0.25, -0.2) is 4.79 Å². The number of nitrogens with one attached hydrogen (secondary N) is 1. The van der Waals surface area contributed by atoms with Crippen molar-refractivity contribution in [3.8, 4) is 10.4 Å². The second-order valence-electron chi connectivity index (χ2n) is 4.80. The summed E-state index contributed by atoms with van der Waals surface area (Å²) in [6, 6.07) is 3.59. The standard InChI is InChI=1S/C13H14N2O5S/c16-6-9-8(17)4-11(20-9)15-5-7(10-2-1-3-21-10)12(18)14-13(15)19/h1-3,5,8-9,11,16-17H,4,6H2,(H,14,18,19)/t8?,9-,11-/m0/s1. The summed E-state index contributed by atoms with van der Waals surface area (Å²) in [5, 5.41) is 20.7. The monoisotopic (exact) mass is 310 g/mol. The van der Waals surface area contributed by atoms with Crippen molar-refractivity contribution < 1.29 is 14.9 Å². The van der Waals surface area contributed by atoms with Crippen molar-refractivity contribution in [3.63, 3.8) is 0 Å². The van der Waals surface area contributed by atoms with E-state index >= 15 is 0 Å². The Hall–Kier alpha value is -1.74. The largest absolute Gasteiger partial charge is 0.394 e. The van der Waals surface area contributed by atoms with E-state index in [1.165, 1.54) is 22.1 Å². The van der Waals surface area contributed by atoms with Crippen LogP contribution in [0.5, 0.6) is 0 Å². The highest BCUT2D eigenvalue weighted by molar-refractivity contribution is 7.13. The molecule has 3 heterocycles. The number of aromatic amines is 1. The molecule has 112 valence electrons. The second-order valence-corrected chi connectivity index (χ2v) is 5.75. The predicted octanol–water partition coefficient (Wildman–Crippen LogP) is -0.0942. The van der Waals surface area contributed by atoms with Gasteiger partial charge in [0.25, 0.3) is 5.56 Å². The molecule has 1 unspecified atom stereocenters. The molecule has 1 saturated heterocycles. The highest BCUT2D eigenvalue weighted by Crippen LogP contribution is 2.28. The molecule has 0 bridgehead atoms. The molecular weight excluding hydrogens is 296 g/mol. The zero-order valence-electron chi connectivity index (χ0n) is 10.9. The van der Waals surface area contributed by atoms with Crippen LogP contribution in [0.25, 0.3) is 10.4 Å². The minimum atomic E-state index is -0.844. The van der Waals surface area contributed by atoms with Gasteiger partial charge in [-0.15, -0.1) is 11.3 Å². The normalized spacial score (nSPS) is 25.3. The molecule has 3 atom stereocenters. The Morgan fingerprint density at radius 3 is 2.90 bits per heavy atom. The van der Waals surface area contributed by atoms with E-state index in [-0.39, 0.29) is 13.0 Å². The molecule has 1 aliphatic heterocycles. The number of aliphatic hydroxyl groups is 2. The van der Waals surface area contributed by atoms with Gasteiger partial charge in [-0.1, -0.05) is 6.07 Å². The van der Waals surface area contributed by atoms with Crippen molar-refractivity contribution in [1.29, 1.82) is 0 Å². The molecule has 0 aromatic carbocycles. The number of hydrogen-bond acceptors (Lipinski definition) is 6. The van der Waals surface area contributed by atoms with E-state index in [9.17, 15) is 14.7 Å². The van der Waals surface area contributed by atoms with Crippen molar-refractivity contribution in [3.05, 3.63) is 44.5 Å². The highest BCUT2D eigenvalue weighted by atomic mass is 32.1. The zero-order chi connectivity index (χ0) is 15.0. The summed E-state index contributed by atoms with van der Waals surface area (Å²) >= 11 is 1.39. The van der Waals surface area contributed by atoms with E-state index < -0.39 is 29.7 Å². The minimum Gasteiger partial charge on any atom is -0.394 e. The van der Waals surface area contributed by atoms with E-state index in [1.54, 1.807) is 6.07 Å². The fourth-order valence-electron chi connectivity index (χ4n) is 2.36. The van der Waals surface area contributed by atoms with Crippen LogP contribution in [0.1, 0.15) is 12.6 Å². The molecule has 7 nitrogen and oxygen atoms in total. The molecule has 0 radical (unpaired) electrons. The lowest BCUT2D eigenvalue weighted by Gasteiger charge is -2.15. The summed E-state index contributed by atoms with van der Waals surface area (Å²) in [7, 11) is 0. The van der Waals surface area contributed by atoms with Gasteiger partial charge in [0.05, 0.1) is 18.3 Å². The SMILES string of the molecule is O=c1[nH]c(=O)n([C@@H]2CC(O)[C@H](CO)O2)cc1-c1cccs1. The maximum absolute atomic E-state index is 11.9. The lowest BCUT2D eigenvalue weighted by Crippen LogP contribution is -2.33. The van der Waals surface area contributed by atoms with E-state index in [0.717, 1.165) is 4.88 Å². The van der Waals surface area contributed by atoms with Crippen molar-refractivity contribution in [2.24, 2.45) is 0 Å². The van der Waals surface area contributed by atoms with Crippen molar-refractivity contribution in [1.82, 2.24) is 9.55 Å². The van der Waals surface area contributed by atoms with E-state index in [0.29, 0.717) is 5.56 Å². The van der Waals surface area contributed by atoms with Crippen LogP contribution in [0.2, 0.25) is 0 Å². The molecule has 0 spiro atoms. The molecule has 1 fully saturated rings. The van der Waals surface area contributed by atoms with Gasteiger partial charge in [-0.05, 0) is 11.4 Å². The van der Waals surface area contributed by atoms with E-state index in [2.05, 4.69) is 4.98 Å². The molecule has 3 N–H and O–H groups in total. The molecule has 8 heteroatoms. The smallest absolute Gasteiger partial charge is 0.330 e. The Balaban J connectivity index is 2.02. The first-order valence-electron chi connectivity index (χ1n) is 6.44. The lowest BCUT2D eigenvalue weighted by atomic mass is 10.2. The average molecular weight is 310 g/mol. The minimum absolute atomic E-state index is 0.182. The van der Waals surface area contributed by atoms with Gasteiger partial charge in [0, 0.05) is 17.5 Å². The topological polar surface area (TPSA) is 105 Å². The third-order valence-electron chi connectivity index (χ3n) is 3.45. The fourth-order valence-corrected chi connectivity index (χ4v) is 3.09. The van der Waals surface area contributed by atoms with Crippen molar-refractivity contribution in [2.45, 2.75) is 24.9 Å². The quantitative estimate of drug-likeness (QED) is 0.735. The van der Waals surface area contributed by atoms with Gasteiger partial charge >= 0.3 is 5.69 Å². The molecule has 1 aliphatic rings. The first-order valence-corrected chi connectivity index (χ1v) is 7.32. The Labute approximate surface area is 123 Å². The van der Waals surface area contributed by atoms with Gasteiger partial charge in [0.15, 0.2) is 0 Å². The van der Waals surface area contributed by atoms with Crippen LogP contribution in [0, 0.1) is 0 Å². The molecule has 0 saturated carbocycles. The number of nitrogens with zero attached hydrogens (tertiary/aromatic N) is 1. The molecule has 0 aliphatic carbocycles. The maximum Gasteiger partial charge on any atom is 0.330 e. The molecular formula is C13H14N2O5S. The zero-order valence-corrected chi connectivity index (χ0v) is 11.7. The van der Waals surface area contributed by atoms with Crippen LogP contribution in [-0.4, -0.2) is 38.6 Å². The maximum atomic E-state index is 11.9. The van der Waals surface area contributed by atoms with Gasteiger partial charge in [0.1, 0.15) is 12.3 Å². The number of hydrogen-bond donors (Lipinski definition) is 3. The lowest BCUT2D eigenvalue weighted by molar-refractivity contribution is -0.0458. The van der Waals surface area contributed by atoms with Crippen LogP contribution < -0.4 is 11.2 Å². The number of rotatable bonds is 3. The number of ether oxygens (including phenoxy) is 1. The van der Waals surface area contributed by atoms with E-state index in [4.69, 9.17) is 9.84 Å². The summed E-state index contributed by atoms with van der Waals surface area (Å²) < 4.78 is 6.69. The molecule has 2 aromatic rings. The Morgan fingerprint density at radius 2 is 2.29 bits per heavy atom. The van der Waals surface area contributed by atoms with Gasteiger partial charge < -0.3 is 14.9 Å². The van der Waals surface area contributed by atoms with Crippen LogP contribution in [0.3, 0.4) is 0 Å². The first kappa shape index (κ1) is 14.2. The summed E-state index contributed by atoms with van der Waals surface area (Å²) in [5.41, 5.74) is -0.692. The fraction of sp³-hybridized carbons (Fsp3) is 0.385. The van der Waals surface area contributed by atoms with Gasteiger partial charge in [-0.3, -0.25) is 14.3 Å². The summed E-state index contributed by atoms with van der Waals surface area (Å²) in [6.45, 7) is -0.326. The van der Waals surface area contributed by atoms with Crippen LogP contribution in [0.15, 0.2) is 33.3 Å². The number of H-pyrrole nitrogens is 1. The Bertz CT molecular complexity index is 736. The molecule has 3 rings (SSSR count). The molecule has 0 amide bonds. The summed E-state index contributed by atoms with van der Waals surface area (Å²) in [4.78, 5) is 26.8. The van der Waals surface area contributed by atoms with Crippen molar-refractivity contribution in [2.75, 3.05) is 6.61 Å². The second kappa shape index (κ2) is 5.57. The number of aromatic nitrogens is 2. The predicted molar refractivity (Wildman–Crippen MR) is 76.3 cm³/mol. The van der Waals surface area contributed by atoms with Crippen LogP contribution in [0.4, 0.5) is 0 Å². The van der Waals surface area contributed by atoms with Crippen LogP contribution in [-0.2, 0) is 4.74 Å². The molecule has 2 aromatic heterocycles. The highest BCUT2D eigenvalue weighted by Gasteiger charge is 2.35. The third kappa shape index (κ3) is 2.58. The molecule has 21 heavy (non-hydrogen) atoms.